The smallest absolute Gasteiger partial charge is 0.122 e. The summed E-state index contributed by atoms with van der Waals surface area (Å²) in [4.78, 5) is 2.20. The Morgan fingerprint density at radius 3 is 2.50 bits per heavy atom. The van der Waals surface area contributed by atoms with E-state index in [2.05, 4.69) is 31.9 Å². The van der Waals surface area contributed by atoms with Gasteiger partial charge in [0.15, 0.2) is 0 Å². The summed E-state index contributed by atoms with van der Waals surface area (Å²) in [6, 6.07) is 4.18. The quantitative estimate of drug-likeness (QED) is 0.792. The summed E-state index contributed by atoms with van der Waals surface area (Å²) in [5.74, 6) is 0.942. The number of likely N-dealkylation sites (N-methyl/N-ethyl adjacent to an activating group) is 1. The SMILES string of the molecule is COc1ccc(CN(C)CC(N)CN)c(C)c1C. The zero-order valence-electron chi connectivity index (χ0n) is 11.9. The number of hydrogen-bond acceptors (Lipinski definition) is 4. The summed E-state index contributed by atoms with van der Waals surface area (Å²) >= 11 is 0. The Balaban J connectivity index is 2.76. The molecule has 0 saturated heterocycles. The monoisotopic (exact) mass is 251 g/mol. The fraction of sp³-hybridized carbons (Fsp3) is 0.571. The molecule has 0 fully saturated rings. The van der Waals surface area contributed by atoms with Crippen molar-refractivity contribution >= 4 is 0 Å². The normalized spacial score (nSPS) is 12.8. The van der Waals surface area contributed by atoms with Gasteiger partial charge in [-0.1, -0.05) is 6.07 Å². The van der Waals surface area contributed by atoms with Crippen LogP contribution in [0.2, 0.25) is 0 Å². The summed E-state index contributed by atoms with van der Waals surface area (Å²) in [6.45, 7) is 6.42. The van der Waals surface area contributed by atoms with Crippen LogP contribution in [-0.4, -0.2) is 38.2 Å². The van der Waals surface area contributed by atoms with E-state index in [1.54, 1.807) is 7.11 Å². The molecule has 0 aromatic heterocycles. The number of hydrogen-bond donors (Lipinski definition) is 2. The highest BCUT2D eigenvalue weighted by Crippen LogP contribution is 2.24. The number of methoxy groups -OCH3 is 1. The van der Waals surface area contributed by atoms with Crippen molar-refractivity contribution in [2.24, 2.45) is 11.5 Å². The van der Waals surface area contributed by atoms with E-state index in [1.807, 2.05) is 6.07 Å². The molecule has 0 aliphatic heterocycles. The third kappa shape index (κ3) is 3.70. The van der Waals surface area contributed by atoms with E-state index in [0.29, 0.717) is 6.54 Å². The van der Waals surface area contributed by atoms with Gasteiger partial charge in [-0.2, -0.15) is 0 Å². The van der Waals surface area contributed by atoms with Gasteiger partial charge in [0, 0.05) is 25.7 Å². The number of ether oxygens (including phenoxy) is 1. The number of benzene rings is 1. The average molecular weight is 251 g/mol. The van der Waals surface area contributed by atoms with E-state index in [0.717, 1.165) is 18.8 Å². The molecule has 4 nitrogen and oxygen atoms in total. The molecule has 0 heterocycles. The topological polar surface area (TPSA) is 64.5 Å². The molecule has 18 heavy (non-hydrogen) atoms. The van der Waals surface area contributed by atoms with Crippen molar-refractivity contribution in [3.63, 3.8) is 0 Å². The molecule has 0 bridgehead atoms. The van der Waals surface area contributed by atoms with Crippen LogP contribution in [0.3, 0.4) is 0 Å². The van der Waals surface area contributed by atoms with E-state index in [-0.39, 0.29) is 6.04 Å². The van der Waals surface area contributed by atoms with E-state index in [1.165, 1.54) is 16.7 Å². The molecule has 4 heteroatoms. The first-order valence-electron chi connectivity index (χ1n) is 6.26. The molecule has 1 aromatic rings. The number of nitrogens with two attached hydrogens (primary N) is 2. The van der Waals surface area contributed by atoms with E-state index in [9.17, 15) is 0 Å². The summed E-state index contributed by atoms with van der Waals surface area (Å²) in [7, 11) is 3.77. The zero-order valence-corrected chi connectivity index (χ0v) is 11.9. The largest absolute Gasteiger partial charge is 0.496 e. The van der Waals surface area contributed by atoms with Crippen LogP contribution in [0.4, 0.5) is 0 Å². The Labute approximate surface area is 110 Å². The van der Waals surface area contributed by atoms with Crippen molar-refractivity contribution in [2.75, 3.05) is 27.2 Å². The van der Waals surface area contributed by atoms with Gasteiger partial charge in [-0.05, 0) is 43.7 Å². The minimum atomic E-state index is 0.0367. The van der Waals surface area contributed by atoms with Gasteiger partial charge in [-0.25, -0.2) is 0 Å². The van der Waals surface area contributed by atoms with Gasteiger partial charge in [-0.15, -0.1) is 0 Å². The maximum atomic E-state index is 5.85. The van der Waals surface area contributed by atoms with Crippen LogP contribution in [0, 0.1) is 13.8 Å². The molecule has 0 spiro atoms. The Hall–Kier alpha value is -1.10. The molecule has 1 unspecified atom stereocenters. The lowest BCUT2D eigenvalue weighted by atomic mass is 10.0. The molecule has 0 amide bonds. The molecular weight excluding hydrogens is 226 g/mol. The second kappa shape index (κ2) is 6.73. The van der Waals surface area contributed by atoms with Gasteiger partial charge in [0.05, 0.1) is 7.11 Å². The predicted molar refractivity (Wildman–Crippen MR) is 75.8 cm³/mol. The lowest BCUT2D eigenvalue weighted by Crippen LogP contribution is -2.40. The molecule has 0 saturated carbocycles. The van der Waals surface area contributed by atoms with Crippen LogP contribution in [0.15, 0.2) is 12.1 Å². The first-order chi connectivity index (χ1) is 8.49. The van der Waals surface area contributed by atoms with Gasteiger partial charge < -0.3 is 21.1 Å². The highest BCUT2D eigenvalue weighted by molar-refractivity contribution is 5.43. The van der Waals surface area contributed by atoms with Gasteiger partial charge >= 0.3 is 0 Å². The van der Waals surface area contributed by atoms with Gasteiger partial charge in [-0.3, -0.25) is 0 Å². The molecule has 4 N–H and O–H groups in total. The molecule has 102 valence electrons. The van der Waals surface area contributed by atoms with E-state index >= 15 is 0 Å². The van der Waals surface area contributed by atoms with Gasteiger partial charge in [0.25, 0.3) is 0 Å². The van der Waals surface area contributed by atoms with E-state index < -0.39 is 0 Å². The van der Waals surface area contributed by atoms with Crippen molar-refractivity contribution in [1.82, 2.24) is 4.90 Å². The standard InChI is InChI=1S/C14H25N3O/c1-10-11(2)14(18-4)6-5-12(10)8-17(3)9-13(16)7-15/h5-6,13H,7-9,15-16H2,1-4H3. The van der Waals surface area contributed by atoms with Crippen molar-refractivity contribution < 1.29 is 4.74 Å². The van der Waals surface area contributed by atoms with Crippen molar-refractivity contribution in [3.05, 3.63) is 28.8 Å². The van der Waals surface area contributed by atoms with Crippen molar-refractivity contribution in [3.8, 4) is 5.75 Å². The predicted octanol–water partition coefficient (Wildman–Crippen LogP) is 1.03. The van der Waals surface area contributed by atoms with Crippen LogP contribution < -0.4 is 16.2 Å². The fourth-order valence-corrected chi connectivity index (χ4v) is 2.07. The number of rotatable bonds is 6. The zero-order chi connectivity index (χ0) is 13.7. The molecule has 1 rings (SSSR count). The summed E-state index contributed by atoms with van der Waals surface area (Å²) < 4.78 is 5.32. The average Bonchev–Trinajstić information content (AvgIpc) is 2.35. The third-order valence-electron chi connectivity index (χ3n) is 3.36. The highest BCUT2D eigenvalue weighted by atomic mass is 16.5. The molecule has 1 atom stereocenters. The minimum Gasteiger partial charge on any atom is -0.496 e. The Morgan fingerprint density at radius 2 is 1.94 bits per heavy atom. The summed E-state index contributed by atoms with van der Waals surface area (Å²) in [5, 5.41) is 0. The number of nitrogens with zero attached hydrogens (tertiary/aromatic N) is 1. The second-order valence-corrected chi connectivity index (χ2v) is 4.87. The molecular formula is C14H25N3O. The minimum absolute atomic E-state index is 0.0367. The Kier molecular flexibility index (Phi) is 5.59. The third-order valence-corrected chi connectivity index (χ3v) is 3.36. The van der Waals surface area contributed by atoms with Gasteiger partial charge in [0.2, 0.25) is 0 Å². The van der Waals surface area contributed by atoms with Crippen molar-refractivity contribution in [2.45, 2.75) is 26.4 Å². The van der Waals surface area contributed by atoms with Crippen LogP contribution in [-0.2, 0) is 6.54 Å². The van der Waals surface area contributed by atoms with Crippen LogP contribution in [0.25, 0.3) is 0 Å². The fourth-order valence-electron chi connectivity index (χ4n) is 2.07. The lowest BCUT2D eigenvalue weighted by Gasteiger charge is -2.22. The Morgan fingerprint density at radius 1 is 1.28 bits per heavy atom. The highest BCUT2D eigenvalue weighted by Gasteiger charge is 2.10. The van der Waals surface area contributed by atoms with E-state index in [4.69, 9.17) is 16.2 Å². The molecule has 0 radical (unpaired) electrons. The van der Waals surface area contributed by atoms with Gasteiger partial charge in [0.1, 0.15) is 5.75 Å². The maximum absolute atomic E-state index is 5.85. The van der Waals surface area contributed by atoms with Crippen molar-refractivity contribution in [1.29, 1.82) is 0 Å². The molecule has 1 aromatic carbocycles. The first-order valence-corrected chi connectivity index (χ1v) is 6.26. The van der Waals surface area contributed by atoms with Crippen LogP contribution in [0.1, 0.15) is 16.7 Å². The maximum Gasteiger partial charge on any atom is 0.122 e. The summed E-state index contributed by atoms with van der Waals surface area (Å²) in [5.41, 5.74) is 15.2. The van der Waals surface area contributed by atoms with Crippen LogP contribution in [0.5, 0.6) is 5.75 Å². The first kappa shape index (κ1) is 15.0. The molecule has 0 aliphatic carbocycles. The lowest BCUT2D eigenvalue weighted by molar-refractivity contribution is 0.304. The summed E-state index contributed by atoms with van der Waals surface area (Å²) in [6.07, 6.45) is 0. The second-order valence-electron chi connectivity index (χ2n) is 4.87. The van der Waals surface area contributed by atoms with Crippen LogP contribution >= 0.6 is 0 Å². The molecule has 0 aliphatic rings. The Bertz CT molecular complexity index is 393.